The van der Waals surface area contributed by atoms with E-state index in [4.69, 9.17) is 0 Å². The Balaban J connectivity index is 1.17. The summed E-state index contributed by atoms with van der Waals surface area (Å²) in [7, 11) is 2.22. The quantitative estimate of drug-likeness (QED) is 0.136. The maximum absolute atomic E-state index is 2.54. The predicted molar refractivity (Wildman–Crippen MR) is 223 cm³/mol. The van der Waals surface area contributed by atoms with E-state index >= 15 is 0 Å². The molecule has 260 valence electrons. The molecule has 0 aliphatic heterocycles. The van der Waals surface area contributed by atoms with E-state index in [-0.39, 0.29) is 10.8 Å². The van der Waals surface area contributed by atoms with Crippen LogP contribution in [0.4, 0.5) is 0 Å². The first-order valence-corrected chi connectivity index (χ1v) is 20.0. The van der Waals surface area contributed by atoms with Crippen LogP contribution in [0.5, 0.6) is 0 Å². The maximum atomic E-state index is 2.54. The second-order valence-electron chi connectivity index (χ2n) is 15.8. The fourth-order valence-electron chi connectivity index (χ4n) is 10.9. The van der Waals surface area contributed by atoms with E-state index in [9.17, 15) is 0 Å². The normalized spacial score (nSPS) is 14.8. The predicted octanol–water partition coefficient (Wildman–Crippen LogP) is 14.4. The minimum Gasteiger partial charge on any atom is -0.344 e. The molecule has 0 saturated heterocycles. The van der Waals surface area contributed by atoms with Crippen molar-refractivity contribution in [3.63, 3.8) is 0 Å². The molecule has 52 heavy (non-hydrogen) atoms. The van der Waals surface area contributed by atoms with E-state index in [0.29, 0.717) is 0 Å². The van der Waals surface area contributed by atoms with Crippen molar-refractivity contribution in [1.82, 2.24) is 4.57 Å². The van der Waals surface area contributed by atoms with Crippen molar-refractivity contribution in [2.75, 3.05) is 0 Å². The standard InChI is InChI=1S/C51H51N/c1-6-26-50(27-7-2)44-16-12-10-14-38(44)40-22-18-36(32-46(40)50)34-20-24-48-42(30-34)43-31-35(21-25-49(43)52(48)5)37-19-23-41-39-15-11-13-17-45(39)51(28-8-3,29-9-4)47(41)33-37/h10-25,30-33H,6-9,26-29H2,1-5H3. The van der Waals surface area contributed by atoms with Crippen LogP contribution in [0.1, 0.15) is 101 Å². The molecule has 0 spiro atoms. The monoisotopic (exact) mass is 677 g/mol. The van der Waals surface area contributed by atoms with Gasteiger partial charge in [-0.2, -0.15) is 0 Å². The fraction of sp³-hybridized carbons (Fsp3) is 0.294. The molecule has 0 unspecified atom stereocenters. The first kappa shape index (κ1) is 33.0. The SMILES string of the molecule is CCCC1(CCC)c2ccccc2-c2ccc(-c3ccc4c(c3)c3cc(-c5ccc6c(c5)C(CCC)(CCC)c5ccccc5-6)ccc3n4C)cc21. The Bertz CT molecular complexity index is 2300. The van der Waals surface area contributed by atoms with Crippen LogP contribution in [0.2, 0.25) is 0 Å². The maximum Gasteiger partial charge on any atom is 0.0489 e. The molecule has 1 aromatic heterocycles. The Hall–Kier alpha value is -4.88. The Morgan fingerprint density at radius 2 is 0.731 bits per heavy atom. The minimum atomic E-state index is 0.0902. The molecule has 1 heterocycles. The van der Waals surface area contributed by atoms with Crippen molar-refractivity contribution < 1.29 is 0 Å². The van der Waals surface area contributed by atoms with Gasteiger partial charge < -0.3 is 4.57 Å². The smallest absolute Gasteiger partial charge is 0.0489 e. The zero-order valence-corrected chi connectivity index (χ0v) is 31.7. The molecule has 1 heteroatoms. The highest BCUT2D eigenvalue weighted by atomic mass is 14.9. The van der Waals surface area contributed by atoms with Gasteiger partial charge in [-0.25, -0.2) is 0 Å². The molecular formula is C51H51N. The van der Waals surface area contributed by atoms with Gasteiger partial charge >= 0.3 is 0 Å². The topological polar surface area (TPSA) is 4.93 Å². The van der Waals surface area contributed by atoms with Crippen molar-refractivity contribution in [3.8, 4) is 44.5 Å². The average molecular weight is 678 g/mol. The molecular weight excluding hydrogens is 627 g/mol. The summed E-state index contributed by atoms with van der Waals surface area (Å²) >= 11 is 0. The zero-order valence-electron chi connectivity index (χ0n) is 31.7. The lowest BCUT2D eigenvalue weighted by Crippen LogP contribution is -2.25. The number of hydrogen-bond acceptors (Lipinski definition) is 0. The highest BCUT2D eigenvalue weighted by Crippen LogP contribution is 2.56. The second-order valence-corrected chi connectivity index (χ2v) is 15.8. The summed E-state index contributed by atoms with van der Waals surface area (Å²) in [4.78, 5) is 0. The van der Waals surface area contributed by atoms with Gasteiger partial charge in [0.05, 0.1) is 0 Å². The van der Waals surface area contributed by atoms with E-state index < -0.39 is 0 Å². The van der Waals surface area contributed by atoms with Gasteiger partial charge in [-0.3, -0.25) is 0 Å². The molecule has 9 rings (SSSR count). The molecule has 2 aliphatic rings. The van der Waals surface area contributed by atoms with Crippen molar-refractivity contribution in [2.24, 2.45) is 7.05 Å². The summed E-state index contributed by atoms with van der Waals surface area (Å²) in [5, 5.41) is 2.66. The van der Waals surface area contributed by atoms with Gasteiger partial charge in [-0.15, -0.1) is 0 Å². The van der Waals surface area contributed by atoms with Crippen molar-refractivity contribution in [3.05, 3.63) is 144 Å². The lowest BCUT2D eigenvalue weighted by molar-refractivity contribution is 0.436. The summed E-state index contributed by atoms with van der Waals surface area (Å²) in [6, 6.07) is 47.3. The van der Waals surface area contributed by atoms with Crippen LogP contribution in [-0.2, 0) is 17.9 Å². The molecule has 2 aliphatic carbocycles. The molecule has 1 nitrogen and oxygen atoms in total. The Morgan fingerprint density at radius 3 is 1.13 bits per heavy atom. The van der Waals surface area contributed by atoms with Crippen molar-refractivity contribution >= 4 is 21.8 Å². The van der Waals surface area contributed by atoms with Gasteiger partial charge in [0, 0.05) is 39.7 Å². The Labute approximate surface area is 310 Å². The third-order valence-electron chi connectivity index (χ3n) is 12.9. The highest BCUT2D eigenvalue weighted by molar-refractivity contribution is 6.10. The van der Waals surface area contributed by atoms with Gasteiger partial charge in [0.15, 0.2) is 0 Å². The minimum absolute atomic E-state index is 0.0902. The number of aromatic nitrogens is 1. The van der Waals surface area contributed by atoms with Crippen LogP contribution in [0.3, 0.4) is 0 Å². The zero-order chi connectivity index (χ0) is 35.6. The number of benzene rings is 6. The molecule has 0 amide bonds. The number of fused-ring (bicyclic) bond motifs is 9. The van der Waals surface area contributed by atoms with Crippen LogP contribution in [0.15, 0.2) is 121 Å². The summed E-state index contributed by atoms with van der Waals surface area (Å²) < 4.78 is 2.37. The first-order chi connectivity index (χ1) is 25.5. The van der Waals surface area contributed by atoms with E-state index in [1.165, 1.54) is 140 Å². The van der Waals surface area contributed by atoms with Crippen molar-refractivity contribution in [1.29, 1.82) is 0 Å². The Kier molecular flexibility index (Phi) is 8.03. The van der Waals surface area contributed by atoms with Crippen molar-refractivity contribution in [2.45, 2.75) is 89.9 Å². The van der Waals surface area contributed by atoms with E-state index in [1.54, 1.807) is 0 Å². The average Bonchev–Trinajstić information content (AvgIpc) is 3.73. The van der Waals surface area contributed by atoms with Crippen LogP contribution in [0.25, 0.3) is 66.3 Å². The van der Waals surface area contributed by atoms with Crippen LogP contribution < -0.4 is 0 Å². The molecule has 0 saturated carbocycles. The lowest BCUT2D eigenvalue weighted by Gasteiger charge is -2.32. The molecule has 0 fully saturated rings. The van der Waals surface area contributed by atoms with Gasteiger partial charge in [-0.1, -0.05) is 138 Å². The van der Waals surface area contributed by atoms with E-state index in [2.05, 4.69) is 161 Å². The summed E-state index contributed by atoms with van der Waals surface area (Å²) in [5.41, 5.74) is 19.8. The lowest BCUT2D eigenvalue weighted by atomic mass is 9.71. The van der Waals surface area contributed by atoms with E-state index in [1.807, 2.05) is 0 Å². The number of hydrogen-bond donors (Lipinski definition) is 0. The highest BCUT2D eigenvalue weighted by Gasteiger charge is 2.43. The largest absolute Gasteiger partial charge is 0.344 e. The third-order valence-corrected chi connectivity index (χ3v) is 12.9. The summed E-state index contributed by atoms with van der Waals surface area (Å²) in [5.74, 6) is 0. The fourth-order valence-corrected chi connectivity index (χ4v) is 10.9. The number of aryl methyl sites for hydroxylation is 1. The number of nitrogens with zero attached hydrogens (tertiary/aromatic N) is 1. The molecule has 7 aromatic rings. The van der Waals surface area contributed by atoms with Crippen LogP contribution >= 0.6 is 0 Å². The van der Waals surface area contributed by atoms with Gasteiger partial charge in [0.1, 0.15) is 0 Å². The molecule has 0 N–H and O–H groups in total. The van der Waals surface area contributed by atoms with Gasteiger partial charge in [0.25, 0.3) is 0 Å². The molecule has 0 bridgehead atoms. The number of rotatable bonds is 10. The summed E-state index contributed by atoms with van der Waals surface area (Å²) in [6.45, 7) is 9.39. The van der Waals surface area contributed by atoms with E-state index in [0.717, 1.165) is 0 Å². The third kappa shape index (κ3) is 4.67. The first-order valence-electron chi connectivity index (χ1n) is 20.0. The summed E-state index contributed by atoms with van der Waals surface area (Å²) in [6.07, 6.45) is 9.46. The Morgan fingerprint density at radius 1 is 0.385 bits per heavy atom. The van der Waals surface area contributed by atoms with Gasteiger partial charge in [0.2, 0.25) is 0 Å². The molecule has 0 atom stereocenters. The van der Waals surface area contributed by atoms with Crippen LogP contribution in [-0.4, -0.2) is 4.57 Å². The molecule has 0 radical (unpaired) electrons. The van der Waals surface area contributed by atoms with Crippen LogP contribution in [0, 0.1) is 0 Å². The molecule has 6 aromatic carbocycles. The second kappa shape index (κ2) is 12.7. The van der Waals surface area contributed by atoms with Gasteiger partial charge in [-0.05, 0) is 129 Å².